The molecule has 0 aliphatic rings. The molecule has 0 heterocycles. The number of aliphatic hydroxyl groups is 1. The van der Waals surface area contributed by atoms with E-state index >= 15 is 0 Å². The summed E-state index contributed by atoms with van der Waals surface area (Å²) in [6, 6.07) is 16.4. The van der Waals surface area contributed by atoms with E-state index in [4.69, 9.17) is 0 Å². The van der Waals surface area contributed by atoms with E-state index in [0.717, 1.165) is 5.69 Å². The lowest BCUT2D eigenvalue weighted by Gasteiger charge is -2.14. The van der Waals surface area contributed by atoms with Gasteiger partial charge in [-0.15, -0.1) is 0 Å². The van der Waals surface area contributed by atoms with Crippen molar-refractivity contribution in [1.29, 1.82) is 0 Å². The standard InChI is InChI=1S/C19H24N4O2/c1-14(12-15(2)24)13-20-19(25)21-16-8-10-18(11-9-16)23-22-17-6-4-3-5-7-17/h3-11,14-15,24H,12-13H2,1-2H3,(H2,20,21,25). The summed E-state index contributed by atoms with van der Waals surface area (Å²) in [4.78, 5) is 11.9. The Kier molecular flexibility index (Phi) is 7.10. The number of amides is 2. The fourth-order valence-corrected chi connectivity index (χ4v) is 2.33. The number of nitrogens with one attached hydrogen (secondary N) is 2. The van der Waals surface area contributed by atoms with Crippen molar-refractivity contribution < 1.29 is 9.90 Å². The summed E-state index contributed by atoms with van der Waals surface area (Å²) in [5.41, 5.74) is 2.18. The first-order valence-electron chi connectivity index (χ1n) is 8.32. The minimum atomic E-state index is -0.363. The second-order valence-electron chi connectivity index (χ2n) is 6.11. The van der Waals surface area contributed by atoms with Gasteiger partial charge in [-0.2, -0.15) is 10.2 Å². The molecular formula is C19H24N4O2. The van der Waals surface area contributed by atoms with Crippen LogP contribution < -0.4 is 10.6 Å². The number of anilines is 1. The van der Waals surface area contributed by atoms with Crippen molar-refractivity contribution in [3.8, 4) is 0 Å². The highest BCUT2D eigenvalue weighted by Gasteiger charge is 2.08. The van der Waals surface area contributed by atoms with Gasteiger partial charge in [-0.25, -0.2) is 4.79 Å². The number of hydrogen-bond donors (Lipinski definition) is 3. The molecular weight excluding hydrogens is 316 g/mol. The smallest absolute Gasteiger partial charge is 0.319 e. The highest BCUT2D eigenvalue weighted by atomic mass is 16.3. The summed E-state index contributed by atoms with van der Waals surface area (Å²) < 4.78 is 0. The van der Waals surface area contributed by atoms with Gasteiger partial charge >= 0.3 is 6.03 Å². The average Bonchev–Trinajstić information content (AvgIpc) is 2.60. The van der Waals surface area contributed by atoms with E-state index in [1.807, 2.05) is 37.3 Å². The van der Waals surface area contributed by atoms with Crippen LogP contribution in [0.3, 0.4) is 0 Å². The Labute approximate surface area is 148 Å². The first-order valence-corrected chi connectivity index (χ1v) is 8.32. The van der Waals surface area contributed by atoms with Gasteiger partial charge in [0.15, 0.2) is 0 Å². The summed E-state index contributed by atoms with van der Waals surface area (Å²) in [7, 11) is 0. The summed E-state index contributed by atoms with van der Waals surface area (Å²) >= 11 is 0. The minimum absolute atomic E-state index is 0.214. The van der Waals surface area contributed by atoms with Gasteiger partial charge in [0.2, 0.25) is 0 Å². The van der Waals surface area contributed by atoms with Crippen LogP contribution in [-0.4, -0.2) is 23.8 Å². The summed E-state index contributed by atoms with van der Waals surface area (Å²) in [6.07, 6.45) is 0.291. The number of aliphatic hydroxyl groups excluding tert-OH is 1. The van der Waals surface area contributed by atoms with Crippen LogP contribution in [-0.2, 0) is 0 Å². The van der Waals surface area contributed by atoms with Crippen molar-refractivity contribution in [2.24, 2.45) is 16.1 Å². The van der Waals surface area contributed by atoms with Crippen molar-refractivity contribution in [1.82, 2.24) is 5.32 Å². The molecule has 0 aliphatic carbocycles. The Bertz CT molecular complexity index is 684. The van der Waals surface area contributed by atoms with Gasteiger partial charge in [0.1, 0.15) is 0 Å². The van der Waals surface area contributed by atoms with Crippen LogP contribution in [0.5, 0.6) is 0 Å². The molecule has 0 bridgehead atoms. The minimum Gasteiger partial charge on any atom is -0.393 e. The Balaban J connectivity index is 1.81. The topological polar surface area (TPSA) is 86.1 Å². The molecule has 2 atom stereocenters. The van der Waals surface area contributed by atoms with Crippen LogP contribution in [0.1, 0.15) is 20.3 Å². The number of rotatable bonds is 7. The first-order chi connectivity index (χ1) is 12.0. The zero-order valence-corrected chi connectivity index (χ0v) is 14.5. The zero-order valence-electron chi connectivity index (χ0n) is 14.5. The largest absolute Gasteiger partial charge is 0.393 e. The van der Waals surface area contributed by atoms with Crippen LogP contribution in [0.15, 0.2) is 64.8 Å². The maximum Gasteiger partial charge on any atom is 0.319 e. The number of hydrogen-bond acceptors (Lipinski definition) is 4. The Hall–Kier alpha value is -2.73. The molecule has 6 heteroatoms. The van der Waals surface area contributed by atoms with Crippen LogP contribution in [0.4, 0.5) is 21.9 Å². The maximum atomic E-state index is 11.9. The van der Waals surface area contributed by atoms with E-state index in [0.29, 0.717) is 24.3 Å². The number of urea groups is 1. The third-order valence-corrected chi connectivity index (χ3v) is 3.52. The normalized spacial score (nSPS) is 13.4. The molecule has 2 unspecified atom stereocenters. The van der Waals surface area contributed by atoms with Gasteiger partial charge in [0.25, 0.3) is 0 Å². The monoisotopic (exact) mass is 340 g/mol. The summed E-state index contributed by atoms with van der Waals surface area (Å²) in [5.74, 6) is 0.214. The van der Waals surface area contributed by atoms with E-state index in [-0.39, 0.29) is 18.1 Å². The third-order valence-electron chi connectivity index (χ3n) is 3.52. The molecule has 2 amide bonds. The Morgan fingerprint density at radius 2 is 1.60 bits per heavy atom. The fourth-order valence-electron chi connectivity index (χ4n) is 2.33. The van der Waals surface area contributed by atoms with Crippen LogP contribution in [0.2, 0.25) is 0 Å². The second-order valence-corrected chi connectivity index (χ2v) is 6.11. The van der Waals surface area contributed by atoms with Crippen LogP contribution in [0.25, 0.3) is 0 Å². The fraction of sp³-hybridized carbons (Fsp3) is 0.316. The molecule has 2 aromatic carbocycles. The highest BCUT2D eigenvalue weighted by Crippen LogP contribution is 2.19. The Morgan fingerprint density at radius 1 is 1.00 bits per heavy atom. The molecule has 132 valence electrons. The van der Waals surface area contributed by atoms with E-state index in [1.54, 1.807) is 31.2 Å². The van der Waals surface area contributed by atoms with Crippen molar-refractivity contribution in [3.63, 3.8) is 0 Å². The van der Waals surface area contributed by atoms with Crippen LogP contribution >= 0.6 is 0 Å². The predicted molar refractivity (Wildman–Crippen MR) is 99.5 cm³/mol. The van der Waals surface area contributed by atoms with Crippen molar-refractivity contribution in [2.45, 2.75) is 26.4 Å². The van der Waals surface area contributed by atoms with Crippen LogP contribution in [0, 0.1) is 5.92 Å². The van der Waals surface area contributed by atoms with Gasteiger partial charge in [0, 0.05) is 12.2 Å². The van der Waals surface area contributed by atoms with Crippen molar-refractivity contribution in [3.05, 3.63) is 54.6 Å². The van der Waals surface area contributed by atoms with E-state index < -0.39 is 0 Å². The number of carbonyl (C=O) groups is 1. The van der Waals surface area contributed by atoms with E-state index in [2.05, 4.69) is 20.9 Å². The molecule has 2 aromatic rings. The SMILES string of the molecule is CC(O)CC(C)CNC(=O)Nc1ccc(N=Nc2ccccc2)cc1. The lowest BCUT2D eigenvalue weighted by molar-refractivity contribution is 0.163. The number of azo groups is 1. The summed E-state index contributed by atoms with van der Waals surface area (Å²) in [6.45, 7) is 4.24. The molecule has 0 fully saturated rings. The van der Waals surface area contributed by atoms with Gasteiger partial charge in [-0.3, -0.25) is 0 Å². The molecule has 0 radical (unpaired) electrons. The van der Waals surface area contributed by atoms with Crippen molar-refractivity contribution >= 4 is 23.1 Å². The van der Waals surface area contributed by atoms with Gasteiger partial charge in [-0.05, 0) is 55.7 Å². The van der Waals surface area contributed by atoms with E-state index in [9.17, 15) is 9.90 Å². The van der Waals surface area contributed by atoms with Gasteiger partial charge in [-0.1, -0.05) is 25.1 Å². The molecule has 25 heavy (non-hydrogen) atoms. The lowest BCUT2D eigenvalue weighted by atomic mass is 10.1. The molecule has 6 nitrogen and oxygen atoms in total. The lowest BCUT2D eigenvalue weighted by Crippen LogP contribution is -2.33. The van der Waals surface area contributed by atoms with Gasteiger partial charge < -0.3 is 15.7 Å². The molecule has 3 N–H and O–H groups in total. The Morgan fingerprint density at radius 3 is 2.20 bits per heavy atom. The molecule has 0 saturated heterocycles. The average molecular weight is 340 g/mol. The number of nitrogens with zero attached hydrogens (tertiary/aromatic N) is 2. The number of benzene rings is 2. The molecule has 0 spiro atoms. The molecule has 0 aliphatic heterocycles. The molecule has 0 saturated carbocycles. The van der Waals surface area contributed by atoms with Gasteiger partial charge in [0.05, 0.1) is 17.5 Å². The highest BCUT2D eigenvalue weighted by molar-refractivity contribution is 5.89. The van der Waals surface area contributed by atoms with Crippen molar-refractivity contribution in [2.75, 3.05) is 11.9 Å². The zero-order chi connectivity index (χ0) is 18.1. The first kappa shape index (κ1) is 18.6. The quantitative estimate of drug-likeness (QED) is 0.642. The predicted octanol–water partition coefficient (Wildman–Crippen LogP) is 4.63. The third kappa shape index (κ3) is 7.14. The molecule has 2 rings (SSSR count). The maximum absolute atomic E-state index is 11.9. The van der Waals surface area contributed by atoms with E-state index in [1.165, 1.54) is 0 Å². The second kappa shape index (κ2) is 9.54. The summed E-state index contributed by atoms with van der Waals surface area (Å²) in [5, 5.41) is 23.2. The number of carbonyl (C=O) groups excluding carboxylic acids is 1. The molecule has 0 aromatic heterocycles.